The standard InChI is InChI=1S/C35H22N2S/c1-3-9-23(10-4-1)24-15-17-26(18-16-24)37-30-21-19-28-27-13-7-8-14-32(27)38-35(28)33(30)34-31(37)22-20-29(36-34)25-11-5-2-6-12-25/h1-22H. The maximum atomic E-state index is 5.29. The van der Waals surface area contributed by atoms with Crippen LogP contribution < -0.4 is 0 Å². The monoisotopic (exact) mass is 502 g/mol. The molecule has 3 heterocycles. The van der Waals surface area contributed by atoms with Crippen LogP contribution in [0.25, 0.3) is 70.2 Å². The Kier molecular flexibility index (Phi) is 4.73. The highest BCUT2D eigenvalue weighted by Crippen LogP contribution is 2.43. The number of hydrogen-bond acceptors (Lipinski definition) is 2. The van der Waals surface area contributed by atoms with Gasteiger partial charge in [0.15, 0.2) is 0 Å². The smallest absolute Gasteiger partial charge is 0.0985 e. The maximum absolute atomic E-state index is 5.29. The van der Waals surface area contributed by atoms with Crippen LogP contribution in [0, 0.1) is 0 Å². The molecule has 178 valence electrons. The Morgan fingerprint density at radius 2 is 1.16 bits per heavy atom. The van der Waals surface area contributed by atoms with Crippen LogP contribution in [0.1, 0.15) is 0 Å². The SMILES string of the molecule is c1ccc(-c2ccc(-n3c4ccc(-c5ccccc5)nc4c4c5sc6ccccc6c5ccc43)cc2)cc1. The van der Waals surface area contributed by atoms with Crippen molar-refractivity contribution >= 4 is 53.4 Å². The second kappa shape index (κ2) is 8.41. The average Bonchev–Trinajstić information content (AvgIpc) is 3.53. The van der Waals surface area contributed by atoms with Crippen LogP contribution in [0.5, 0.6) is 0 Å². The van der Waals surface area contributed by atoms with Crippen molar-refractivity contribution in [1.29, 1.82) is 0 Å². The van der Waals surface area contributed by atoms with E-state index >= 15 is 0 Å². The molecule has 0 spiro atoms. The zero-order valence-electron chi connectivity index (χ0n) is 20.5. The summed E-state index contributed by atoms with van der Waals surface area (Å²) in [6, 6.07) is 47.5. The fourth-order valence-corrected chi connectivity index (χ4v) is 6.87. The van der Waals surface area contributed by atoms with E-state index in [0.717, 1.165) is 28.0 Å². The number of aromatic nitrogens is 2. The van der Waals surface area contributed by atoms with E-state index in [9.17, 15) is 0 Å². The minimum absolute atomic E-state index is 0.995. The fraction of sp³-hybridized carbons (Fsp3) is 0. The molecule has 0 unspecified atom stereocenters. The summed E-state index contributed by atoms with van der Waals surface area (Å²) in [7, 11) is 0. The van der Waals surface area contributed by atoms with E-state index in [4.69, 9.17) is 4.98 Å². The number of nitrogens with zero attached hydrogens (tertiary/aromatic N) is 2. The molecular formula is C35H22N2S. The van der Waals surface area contributed by atoms with Crippen molar-refractivity contribution in [1.82, 2.24) is 9.55 Å². The van der Waals surface area contributed by atoms with Crippen molar-refractivity contribution in [3.63, 3.8) is 0 Å². The van der Waals surface area contributed by atoms with Crippen molar-refractivity contribution in [3.8, 4) is 28.1 Å². The van der Waals surface area contributed by atoms with E-state index in [1.807, 2.05) is 17.4 Å². The summed E-state index contributed by atoms with van der Waals surface area (Å²) in [6.45, 7) is 0. The largest absolute Gasteiger partial charge is 0.308 e. The number of pyridine rings is 1. The predicted molar refractivity (Wildman–Crippen MR) is 162 cm³/mol. The van der Waals surface area contributed by atoms with Gasteiger partial charge in [-0.2, -0.15) is 0 Å². The van der Waals surface area contributed by atoms with E-state index in [1.54, 1.807) is 0 Å². The van der Waals surface area contributed by atoms with Crippen LogP contribution in [0.4, 0.5) is 0 Å². The molecule has 38 heavy (non-hydrogen) atoms. The molecule has 0 aliphatic carbocycles. The first-order chi connectivity index (χ1) is 18.8. The lowest BCUT2D eigenvalue weighted by atomic mass is 10.1. The molecule has 0 aliphatic heterocycles. The first-order valence-electron chi connectivity index (χ1n) is 12.8. The summed E-state index contributed by atoms with van der Waals surface area (Å²) in [5, 5.41) is 3.83. The zero-order chi connectivity index (χ0) is 25.1. The molecule has 0 aliphatic rings. The van der Waals surface area contributed by atoms with E-state index in [-0.39, 0.29) is 0 Å². The zero-order valence-corrected chi connectivity index (χ0v) is 21.3. The molecule has 0 N–H and O–H groups in total. The van der Waals surface area contributed by atoms with Crippen LogP contribution in [0.15, 0.2) is 133 Å². The number of benzene rings is 5. The summed E-state index contributed by atoms with van der Waals surface area (Å²) in [6.07, 6.45) is 0. The Bertz CT molecular complexity index is 2100. The van der Waals surface area contributed by atoms with Crippen molar-refractivity contribution in [2.45, 2.75) is 0 Å². The summed E-state index contributed by atoms with van der Waals surface area (Å²) in [5.74, 6) is 0. The van der Waals surface area contributed by atoms with Gasteiger partial charge >= 0.3 is 0 Å². The molecule has 8 rings (SSSR count). The van der Waals surface area contributed by atoms with Gasteiger partial charge < -0.3 is 4.57 Å². The lowest BCUT2D eigenvalue weighted by molar-refractivity contribution is 1.18. The van der Waals surface area contributed by atoms with Crippen LogP contribution >= 0.6 is 11.3 Å². The van der Waals surface area contributed by atoms with Gasteiger partial charge in [0.25, 0.3) is 0 Å². The van der Waals surface area contributed by atoms with Crippen LogP contribution in [0.2, 0.25) is 0 Å². The summed E-state index contributed by atoms with van der Waals surface area (Å²) >= 11 is 1.86. The first-order valence-corrected chi connectivity index (χ1v) is 13.6. The Balaban J connectivity index is 1.44. The van der Waals surface area contributed by atoms with Crippen molar-refractivity contribution in [2.24, 2.45) is 0 Å². The molecule has 0 amide bonds. The Morgan fingerprint density at radius 1 is 0.500 bits per heavy atom. The highest BCUT2D eigenvalue weighted by Gasteiger charge is 2.19. The highest BCUT2D eigenvalue weighted by atomic mass is 32.1. The van der Waals surface area contributed by atoms with Crippen molar-refractivity contribution < 1.29 is 0 Å². The quantitative estimate of drug-likeness (QED) is 0.235. The lowest BCUT2D eigenvalue weighted by Gasteiger charge is -2.09. The molecule has 5 aromatic carbocycles. The first kappa shape index (κ1) is 21.4. The van der Waals surface area contributed by atoms with Gasteiger partial charge in [-0.3, -0.25) is 0 Å². The lowest BCUT2D eigenvalue weighted by Crippen LogP contribution is -1.94. The Morgan fingerprint density at radius 3 is 1.95 bits per heavy atom. The Labute approximate surface area is 224 Å². The van der Waals surface area contributed by atoms with Gasteiger partial charge in [0.05, 0.1) is 22.2 Å². The van der Waals surface area contributed by atoms with Gasteiger partial charge in [-0.05, 0) is 47.5 Å². The average molecular weight is 503 g/mol. The molecule has 8 aromatic rings. The summed E-state index contributed by atoms with van der Waals surface area (Å²) in [4.78, 5) is 5.29. The molecule has 3 aromatic heterocycles. The number of thiophene rings is 1. The van der Waals surface area contributed by atoms with Gasteiger partial charge in [0, 0.05) is 36.8 Å². The van der Waals surface area contributed by atoms with Gasteiger partial charge in [0.2, 0.25) is 0 Å². The fourth-order valence-electron chi connectivity index (χ4n) is 5.62. The molecule has 0 saturated heterocycles. The van der Waals surface area contributed by atoms with Crippen LogP contribution in [-0.4, -0.2) is 9.55 Å². The van der Waals surface area contributed by atoms with E-state index in [1.165, 1.54) is 42.2 Å². The molecule has 0 bridgehead atoms. The molecule has 3 heteroatoms. The van der Waals surface area contributed by atoms with Crippen molar-refractivity contribution in [3.05, 3.63) is 133 Å². The van der Waals surface area contributed by atoms with Crippen LogP contribution in [-0.2, 0) is 0 Å². The third kappa shape index (κ3) is 3.22. The van der Waals surface area contributed by atoms with Gasteiger partial charge in [-0.25, -0.2) is 4.98 Å². The predicted octanol–water partition coefficient (Wildman–Crippen LogP) is 9.88. The minimum atomic E-state index is 0.995. The second-order valence-electron chi connectivity index (χ2n) is 9.61. The number of fused-ring (bicyclic) bond motifs is 7. The minimum Gasteiger partial charge on any atom is -0.308 e. The molecule has 0 saturated carbocycles. The molecular weight excluding hydrogens is 480 g/mol. The molecule has 0 fully saturated rings. The highest BCUT2D eigenvalue weighted by molar-refractivity contribution is 7.26. The number of hydrogen-bond donors (Lipinski definition) is 0. The molecule has 2 nitrogen and oxygen atoms in total. The Hall–Kier alpha value is -4.73. The van der Waals surface area contributed by atoms with Crippen molar-refractivity contribution in [2.75, 3.05) is 0 Å². The van der Waals surface area contributed by atoms with Gasteiger partial charge in [-0.1, -0.05) is 97.1 Å². The summed E-state index contributed by atoms with van der Waals surface area (Å²) < 4.78 is 4.97. The van der Waals surface area contributed by atoms with E-state index < -0.39 is 0 Å². The normalized spacial score (nSPS) is 11.7. The molecule has 0 atom stereocenters. The topological polar surface area (TPSA) is 17.8 Å². The second-order valence-corrected chi connectivity index (χ2v) is 10.7. The third-order valence-electron chi connectivity index (χ3n) is 7.42. The van der Waals surface area contributed by atoms with Crippen LogP contribution in [0.3, 0.4) is 0 Å². The molecule has 0 radical (unpaired) electrons. The van der Waals surface area contributed by atoms with E-state index in [2.05, 4.69) is 132 Å². The maximum Gasteiger partial charge on any atom is 0.0985 e. The van der Waals surface area contributed by atoms with E-state index in [0.29, 0.717) is 0 Å². The summed E-state index contributed by atoms with van der Waals surface area (Å²) in [5.41, 5.74) is 9.06. The van der Waals surface area contributed by atoms with Gasteiger partial charge in [-0.15, -0.1) is 11.3 Å². The number of rotatable bonds is 3. The third-order valence-corrected chi connectivity index (χ3v) is 8.62. The van der Waals surface area contributed by atoms with Gasteiger partial charge in [0.1, 0.15) is 0 Å².